The third kappa shape index (κ3) is 2.41. The van der Waals surface area contributed by atoms with Gasteiger partial charge in [-0.05, 0) is 24.1 Å². The average Bonchev–Trinajstić information content (AvgIpc) is 2.24. The van der Waals surface area contributed by atoms with Crippen LogP contribution in [0.15, 0.2) is 29.3 Å². The molecule has 1 saturated heterocycles. The van der Waals surface area contributed by atoms with Crippen LogP contribution in [0.5, 0.6) is 0 Å². The van der Waals surface area contributed by atoms with Crippen LogP contribution in [-0.4, -0.2) is 30.0 Å². The second-order valence-electron chi connectivity index (χ2n) is 5.37. The summed E-state index contributed by atoms with van der Waals surface area (Å²) >= 11 is 5.90. The SMILES string of the molecule is NC(=NC1CC(F)(c2cccc(Cl)c2)C1)N1CCC1. The van der Waals surface area contributed by atoms with Gasteiger partial charge in [0.15, 0.2) is 5.96 Å². The van der Waals surface area contributed by atoms with Crippen LogP contribution in [0.1, 0.15) is 24.8 Å². The van der Waals surface area contributed by atoms with Crippen molar-refractivity contribution in [3.63, 3.8) is 0 Å². The molecule has 0 amide bonds. The number of hydrogen-bond donors (Lipinski definition) is 1. The fourth-order valence-corrected chi connectivity index (χ4v) is 2.79. The van der Waals surface area contributed by atoms with Crippen molar-refractivity contribution in [1.82, 2.24) is 4.90 Å². The van der Waals surface area contributed by atoms with Gasteiger partial charge >= 0.3 is 0 Å². The molecular weight excluding hydrogens is 265 g/mol. The maximum atomic E-state index is 14.6. The molecule has 1 saturated carbocycles. The molecule has 1 aliphatic heterocycles. The molecule has 1 aromatic carbocycles. The maximum absolute atomic E-state index is 14.6. The lowest BCUT2D eigenvalue weighted by Gasteiger charge is -2.41. The number of aliphatic imine (C=N–C) groups is 1. The summed E-state index contributed by atoms with van der Waals surface area (Å²) in [7, 11) is 0. The molecule has 2 fully saturated rings. The van der Waals surface area contributed by atoms with Gasteiger partial charge in [0.2, 0.25) is 0 Å². The van der Waals surface area contributed by atoms with Crippen molar-refractivity contribution in [3.8, 4) is 0 Å². The standard InChI is InChI=1S/C14H17ClFN3/c15-11-4-1-3-10(7-11)14(16)8-12(9-14)18-13(17)19-5-2-6-19/h1,3-4,7,12H,2,5-6,8-9H2,(H2,17,18). The highest BCUT2D eigenvalue weighted by Crippen LogP contribution is 2.47. The van der Waals surface area contributed by atoms with Crippen LogP contribution in [0.2, 0.25) is 5.02 Å². The van der Waals surface area contributed by atoms with Crippen molar-refractivity contribution in [1.29, 1.82) is 0 Å². The number of alkyl halides is 1. The van der Waals surface area contributed by atoms with E-state index >= 15 is 0 Å². The van der Waals surface area contributed by atoms with Crippen molar-refractivity contribution >= 4 is 17.6 Å². The molecule has 3 rings (SSSR count). The van der Waals surface area contributed by atoms with Crippen LogP contribution in [-0.2, 0) is 5.67 Å². The summed E-state index contributed by atoms with van der Waals surface area (Å²) in [5.41, 5.74) is 5.22. The summed E-state index contributed by atoms with van der Waals surface area (Å²) in [6, 6.07) is 7.00. The van der Waals surface area contributed by atoms with Crippen molar-refractivity contribution in [3.05, 3.63) is 34.9 Å². The molecule has 0 unspecified atom stereocenters. The molecule has 102 valence electrons. The zero-order valence-electron chi connectivity index (χ0n) is 10.6. The number of halogens is 2. The van der Waals surface area contributed by atoms with Crippen molar-refractivity contribution < 1.29 is 4.39 Å². The number of rotatable bonds is 2. The molecular formula is C14H17ClFN3. The first kappa shape index (κ1) is 12.7. The first-order valence-electron chi connectivity index (χ1n) is 6.60. The van der Waals surface area contributed by atoms with Crippen molar-refractivity contribution in [2.75, 3.05) is 13.1 Å². The van der Waals surface area contributed by atoms with Crippen LogP contribution in [0.3, 0.4) is 0 Å². The monoisotopic (exact) mass is 281 g/mol. The van der Waals surface area contributed by atoms with Gasteiger partial charge in [0.25, 0.3) is 0 Å². The number of guanidine groups is 1. The topological polar surface area (TPSA) is 41.6 Å². The molecule has 1 aliphatic carbocycles. The Kier molecular flexibility index (Phi) is 3.13. The molecule has 0 atom stereocenters. The molecule has 1 aromatic rings. The predicted molar refractivity (Wildman–Crippen MR) is 75.1 cm³/mol. The molecule has 0 aromatic heterocycles. The van der Waals surface area contributed by atoms with Crippen LogP contribution in [0.4, 0.5) is 4.39 Å². The van der Waals surface area contributed by atoms with E-state index in [1.165, 1.54) is 0 Å². The molecule has 3 nitrogen and oxygen atoms in total. The van der Waals surface area contributed by atoms with Crippen LogP contribution >= 0.6 is 11.6 Å². The Morgan fingerprint density at radius 2 is 2.16 bits per heavy atom. The van der Waals surface area contributed by atoms with E-state index in [-0.39, 0.29) is 6.04 Å². The Balaban J connectivity index is 1.65. The first-order valence-corrected chi connectivity index (χ1v) is 6.98. The van der Waals surface area contributed by atoms with E-state index in [0.717, 1.165) is 19.5 Å². The van der Waals surface area contributed by atoms with E-state index in [1.54, 1.807) is 24.3 Å². The van der Waals surface area contributed by atoms with Gasteiger partial charge in [0.1, 0.15) is 5.67 Å². The lowest BCUT2D eigenvalue weighted by Crippen LogP contribution is -2.48. The fourth-order valence-electron chi connectivity index (χ4n) is 2.60. The second kappa shape index (κ2) is 4.67. The third-order valence-electron chi connectivity index (χ3n) is 3.96. The lowest BCUT2D eigenvalue weighted by molar-refractivity contribution is 0.0407. The highest BCUT2D eigenvalue weighted by atomic mass is 35.5. The molecule has 0 spiro atoms. The largest absolute Gasteiger partial charge is 0.370 e. The quantitative estimate of drug-likeness (QED) is 0.669. The Morgan fingerprint density at radius 1 is 1.42 bits per heavy atom. The van der Waals surface area contributed by atoms with Gasteiger partial charge in [-0.1, -0.05) is 23.7 Å². The predicted octanol–water partition coefficient (Wildman–Crippen LogP) is 2.69. The first-order chi connectivity index (χ1) is 9.07. The van der Waals surface area contributed by atoms with Crippen LogP contribution < -0.4 is 5.73 Å². The van der Waals surface area contributed by atoms with E-state index in [4.69, 9.17) is 17.3 Å². The summed E-state index contributed by atoms with van der Waals surface area (Å²) < 4.78 is 14.6. The van der Waals surface area contributed by atoms with Gasteiger partial charge in [0.05, 0.1) is 6.04 Å². The number of likely N-dealkylation sites (tertiary alicyclic amines) is 1. The van der Waals surface area contributed by atoms with Crippen LogP contribution in [0, 0.1) is 0 Å². The van der Waals surface area contributed by atoms with E-state index in [2.05, 4.69) is 4.99 Å². The summed E-state index contributed by atoms with van der Waals surface area (Å²) in [6.07, 6.45) is 1.94. The van der Waals surface area contributed by atoms with Gasteiger partial charge in [0, 0.05) is 31.0 Å². The fraction of sp³-hybridized carbons (Fsp3) is 0.500. The minimum absolute atomic E-state index is 0.00965. The minimum atomic E-state index is -1.30. The molecule has 2 aliphatic rings. The summed E-state index contributed by atoms with van der Waals surface area (Å²) in [4.78, 5) is 6.42. The highest BCUT2D eigenvalue weighted by molar-refractivity contribution is 6.30. The molecule has 0 bridgehead atoms. The summed E-state index contributed by atoms with van der Waals surface area (Å²) in [6.45, 7) is 1.94. The molecule has 2 N–H and O–H groups in total. The zero-order valence-corrected chi connectivity index (χ0v) is 11.4. The van der Waals surface area contributed by atoms with E-state index in [1.807, 2.05) is 4.90 Å². The van der Waals surface area contributed by atoms with Crippen LogP contribution in [0.25, 0.3) is 0 Å². The zero-order chi connectivity index (χ0) is 13.5. The van der Waals surface area contributed by atoms with E-state index in [9.17, 15) is 4.39 Å². The van der Waals surface area contributed by atoms with E-state index < -0.39 is 5.67 Å². The summed E-state index contributed by atoms with van der Waals surface area (Å²) in [5, 5.41) is 0.571. The molecule has 5 heteroatoms. The van der Waals surface area contributed by atoms with Gasteiger partial charge in [-0.15, -0.1) is 0 Å². The molecule has 1 heterocycles. The van der Waals surface area contributed by atoms with Crippen molar-refractivity contribution in [2.45, 2.75) is 31.0 Å². The van der Waals surface area contributed by atoms with Gasteiger partial charge in [-0.3, -0.25) is 0 Å². The lowest BCUT2D eigenvalue weighted by atomic mass is 9.73. The number of nitrogens with zero attached hydrogens (tertiary/aromatic N) is 2. The Hall–Kier alpha value is -1.29. The Labute approximate surface area is 117 Å². The maximum Gasteiger partial charge on any atom is 0.191 e. The number of nitrogens with two attached hydrogens (primary N) is 1. The van der Waals surface area contributed by atoms with Crippen molar-refractivity contribution in [2.24, 2.45) is 10.7 Å². The minimum Gasteiger partial charge on any atom is -0.370 e. The number of hydrogen-bond acceptors (Lipinski definition) is 1. The van der Waals surface area contributed by atoms with E-state index in [0.29, 0.717) is 29.4 Å². The third-order valence-corrected chi connectivity index (χ3v) is 4.19. The smallest absolute Gasteiger partial charge is 0.191 e. The highest BCUT2D eigenvalue weighted by Gasteiger charge is 2.46. The number of benzene rings is 1. The molecule has 0 radical (unpaired) electrons. The Morgan fingerprint density at radius 3 is 2.74 bits per heavy atom. The molecule has 19 heavy (non-hydrogen) atoms. The average molecular weight is 282 g/mol. The summed E-state index contributed by atoms with van der Waals surface area (Å²) in [5.74, 6) is 0.560. The van der Waals surface area contributed by atoms with Gasteiger partial charge in [-0.2, -0.15) is 0 Å². The van der Waals surface area contributed by atoms with Gasteiger partial charge < -0.3 is 10.6 Å². The normalized spacial score (nSPS) is 30.7. The van der Waals surface area contributed by atoms with Gasteiger partial charge in [-0.25, -0.2) is 9.38 Å². The Bertz CT molecular complexity index is 507. The second-order valence-corrected chi connectivity index (χ2v) is 5.80.